The Morgan fingerprint density at radius 3 is 2.44 bits per heavy atom. The number of carbonyl (C=O) groups excluding carboxylic acids is 1. The molecule has 0 heterocycles. The van der Waals surface area contributed by atoms with E-state index in [4.69, 9.17) is 0 Å². The van der Waals surface area contributed by atoms with Gasteiger partial charge in [-0.1, -0.05) is 12.8 Å². The molecule has 0 spiro atoms. The average molecular weight is 266 g/mol. The van der Waals surface area contributed by atoms with Crippen molar-refractivity contribution < 1.29 is 18.0 Å². The fourth-order valence-corrected chi connectivity index (χ4v) is 2.13. The first-order valence-electron chi connectivity index (χ1n) is 6.54. The van der Waals surface area contributed by atoms with Crippen molar-refractivity contribution in [1.29, 1.82) is 0 Å². The van der Waals surface area contributed by atoms with Crippen LogP contribution in [0.2, 0.25) is 0 Å². The van der Waals surface area contributed by atoms with E-state index in [1.54, 1.807) is 0 Å². The molecule has 3 nitrogen and oxygen atoms in total. The summed E-state index contributed by atoms with van der Waals surface area (Å²) >= 11 is 0. The minimum absolute atomic E-state index is 0.0577. The summed E-state index contributed by atoms with van der Waals surface area (Å²) in [5.41, 5.74) is 0. The third-order valence-corrected chi connectivity index (χ3v) is 3.07. The van der Waals surface area contributed by atoms with Gasteiger partial charge in [-0.05, 0) is 32.2 Å². The van der Waals surface area contributed by atoms with E-state index in [-0.39, 0.29) is 18.9 Å². The van der Waals surface area contributed by atoms with Crippen LogP contribution in [0.1, 0.15) is 44.9 Å². The van der Waals surface area contributed by atoms with E-state index in [0.717, 1.165) is 25.7 Å². The van der Waals surface area contributed by atoms with Gasteiger partial charge in [-0.15, -0.1) is 0 Å². The summed E-state index contributed by atoms with van der Waals surface area (Å²) in [6.07, 6.45) is 0.139. The largest absolute Gasteiger partial charge is 0.389 e. The quantitative estimate of drug-likeness (QED) is 0.695. The van der Waals surface area contributed by atoms with Crippen molar-refractivity contribution in [2.24, 2.45) is 0 Å². The molecule has 1 fully saturated rings. The first-order chi connectivity index (χ1) is 8.47. The second-order valence-electron chi connectivity index (χ2n) is 4.80. The molecule has 0 aromatic rings. The summed E-state index contributed by atoms with van der Waals surface area (Å²) in [6, 6.07) is 0.296. The topological polar surface area (TPSA) is 41.1 Å². The van der Waals surface area contributed by atoms with Crippen molar-refractivity contribution >= 4 is 5.91 Å². The Morgan fingerprint density at radius 1 is 1.17 bits per heavy atom. The second-order valence-corrected chi connectivity index (χ2v) is 4.80. The van der Waals surface area contributed by atoms with Crippen molar-refractivity contribution in [2.75, 3.05) is 13.1 Å². The zero-order valence-electron chi connectivity index (χ0n) is 10.5. The van der Waals surface area contributed by atoms with Gasteiger partial charge >= 0.3 is 6.18 Å². The Labute approximate surface area is 106 Å². The standard InChI is InChI=1S/C12H21F3N2O/c13-12(14,15)7-3-4-8-16-9-11(18)17-10-5-1-2-6-10/h10,16H,1-9H2,(H,17,18). The van der Waals surface area contributed by atoms with E-state index in [1.165, 1.54) is 0 Å². The zero-order valence-corrected chi connectivity index (χ0v) is 10.5. The summed E-state index contributed by atoms with van der Waals surface area (Å²) < 4.78 is 35.5. The van der Waals surface area contributed by atoms with Gasteiger partial charge in [0, 0.05) is 12.5 Å². The van der Waals surface area contributed by atoms with Crippen LogP contribution < -0.4 is 10.6 Å². The van der Waals surface area contributed by atoms with E-state index in [1.807, 2.05) is 0 Å². The molecule has 0 radical (unpaired) electrons. The number of rotatable bonds is 7. The van der Waals surface area contributed by atoms with Crippen molar-refractivity contribution in [2.45, 2.75) is 57.2 Å². The van der Waals surface area contributed by atoms with Crippen LogP contribution in [0, 0.1) is 0 Å². The molecule has 0 unspecified atom stereocenters. The molecule has 18 heavy (non-hydrogen) atoms. The summed E-state index contributed by atoms with van der Waals surface area (Å²) in [7, 11) is 0. The molecule has 106 valence electrons. The molecule has 1 rings (SSSR count). The van der Waals surface area contributed by atoms with Gasteiger partial charge in [0.25, 0.3) is 0 Å². The molecule has 6 heteroatoms. The Bertz CT molecular complexity index is 250. The number of hydrogen-bond donors (Lipinski definition) is 2. The van der Waals surface area contributed by atoms with Gasteiger partial charge in [-0.2, -0.15) is 13.2 Å². The molecule has 0 aromatic heterocycles. The highest BCUT2D eigenvalue weighted by Gasteiger charge is 2.25. The molecule has 0 aromatic carbocycles. The maximum Gasteiger partial charge on any atom is 0.389 e. The molecule has 1 aliphatic carbocycles. The monoisotopic (exact) mass is 266 g/mol. The summed E-state index contributed by atoms with van der Waals surface area (Å²) in [6.45, 7) is 0.649. The Hall–Kier alpha value is -0.780. The van der Waals surface area contributed by atoms with Gasteiger partial charge in [-0.3, -0.25) is 4.79 Å². The van der Waals surface area contributed by atoms with Crippen LogP contribution in [-0.4, -0.2) is 31.2 Å². The van der Waals surface area contributed by atoms with Crippen LogP contribution in [-0.2, 0) is 4.79 Å². The highest BCUT2D eigenvalue weighted by Crippen LogP contribution is 2.21. The molecule has 0 bridgehead atoms. The van der Waals surface area contributed by atoms with Gasteiger partial charge in [-0.25, -0.2) is 0 Å². The van der Waals surface area contributed by atoms with E-state index in [2.05, 4.69) is 10.6 Å². The van der Waals surface area contributed by atoms with Crippen LogP contribution in [0.15, 0.2) is 0 Å². The lowest BCUT2D eigenvalue weighted by atomic mass is 10.2. The van der Waals surface area contributed by atoms with E-state index < -0.39 is 12.6 Å². The van der Waals surface area contributed by atoms with E-state index in [9.17, 15) is 18.0 Å². The van der Waals surface area contributed by atoms with Crippen LogP contribution in [0.3, 0.4) is 0 Å². The van der Waals surface area contributed by atoms with E-state index >= 15 is 0 Å². The average Bonchev–Trinajstić information content (AvgIpc) is 2.74. The first kappa shape index (κ1) is 15.3. The van der Waals surface area contributed by atoms with Crippen molar-refractivity contribution in [3.8, 4) is 0 Å². The number of amides is 1. The number of carbonyl (C=O) groups is 1. The lowest BCUT2D eigenvalue weighted by Gasteiger charge is -2.12. The summed E-state index contributed by atoms with van der Waals surface area (Å²) in [5, 5.41) is 5.78. The SMILES string of the molecule is O=C(CNCCCCC(F)(F)F)NC1CCCC1. The fourth-order valence-electron chi connectivity index (χ4n) is 2.13. The Kier molecular flexibility index (Phi) is 6.46. The summed E-state index contributed by atoms with van der Waals surface area (Å²) in [4.78, 5) is 11.4. The van der Waals surface area contributed by atoms with E-state index in [0.29, 0.717) is 19.0 Å². The fraction of sp³-hybridized carbons (Fsp3) is 0.917. The van der Waals surface area contributed by atoms with Gasteiger partial charge < -0.3 is 10.6 Å². The number of halogens is 3. The number of unbranched alkanes of at least 4 members (excludes halogenated alkanes) is 1. The Morgan fingerprint density at radius 2 is 1.83 bits per heavy atom. The third kappa shape index (κ3) is 7.53. The third-order valence-electron chi connectivity index (χ3n) is 3.07. The van der Waals surface area contributed by atoms with Crippen LogP contribution in [0.4, 0.5) is 13.2 Å². The van der Waals surface area contributed by atoms with Gasteiger partial charge in [0.05, 0.1) is 6.54 Å². The molecule has 0 saturated heterocycles. The highest BCUT2D eigenvalue weighted by atomic mass is 19.4. The normalized spacial score (nSPS) is 17.1. The minimum Gasteiger partial charge on any atom is -0.352 e. The molecule has 0 aliphatic heterocycles. The number of alkyl halides is 3. The number of nitrogens with one attached hydrogen (secondary N) is 2. The van der Waals surface area contributed by atoms with Crippen LogP contribution in [0.5, 0.6) is 0 Å². The minimum atomic E-state index is -4.07. The lowest BCUT2D eigenvalue weighted by Crippen LogP contribution is -2.39. The lowest BCUT2D eigenvalue weighted by molar-refractivity contribution is -0.135. The molecule has 1 aliphatic rings. The smallest absolute Gasteiger partial charge is 0.352 e. The predicted octanol–water partition coefficient (Wildman–Crippen LogP) is 2.37. The highest BCUT2D eigenvalue weighted by molar-refractivity contribution is 5.78. The molecular weight excluding hydrogens is 245 g/mol. The molecule has 1 amide bonds. The van der Waals surface area contributed by atoms with Crippen molar-refractivity contribution in [3.63, 3.8) is 0 Å². The van der Waals surface area contributed by atoms with Crippen LogP contribution in [0.25, 0.3) is 0 Å². The number of hydrogen-bond acceptors (Lipinski definition) is 2. The maximum absolute atomic E-state index is 11.8. The first-order valence-corrected chi connectivity index (χ1v) is 6.54. The zero-order chi connectivity index (χ0) is 13.4. The summed E-state index contributed by atoms with van der Waals surface area (Å²) in [5.74, 6) is -0.0577. The second kappa shape index (κ2) is 7.61. The molecule has 0 atom stereocenters. The van der Waals surface area contributed by atoms with Gasteiger partial charge in [0.1, 0.15) is 0 Å². The molecular formula is C12H21F3N2O. The van der Waals surface area contributed by atoms with Crippen LogP contribution >= 0.6 is 0 Å². The Balaban J connectivity index is 1.92. The molecule has 2 N–H and O–H groups in total. The van der Waals surface area contributed by atoms with Gasteiger partial charge in [0.15, 0.2) is 0 Å². The maximum atomic E-state index is 11.8. The van der Waals surface area contributed by atoms with Crippen molar-refractivity contribution in [3.05, 3.63) is 0 Å². The molecule has 1 saturated carbocycles. The van der Waals surface area contributed by atoms with Gasteiger partial charge in [0.2, 0.25) is 5.91 Å². The predicted molar refractivity (Wildman–Crippen MR) is 63.2 cm³/mol. The van der Waals surface area contributed by atoms with Crippen molar-refractivity contribution in [1.82, 2.24) is 10.6 Å².